The van der Waals surface area contributed by atoms with Crippen molar-refractivity contribution in [3.8, 4) is 0 Å². The van der Waals surface area contributed by atoms with Crippen LogP contribution in [0.3, 0.4) is 0 Å². The highest BCUT2D eigenvalue weighted by Gasteiger charge is 2.52. The summed E-state index contributed by atoms with van der Waals surface area (Å²) in [6, 6.07) is 11.2. The van der Waals surface area contributed by atoms with E-state index in [0.717, 1.165) is 16.6 Å². The van der Waals surface area contributed by atoms with Crippen LogP contribution in [0.15, 0.2) is 24.3 Å². The summed E-state index contributed by atoms with van der Waals surface area (Å²) in [4.78, 5) is 0. The van der Waals surface area contributed by atoms with Crippen molar-refractivity contribution >= 4 is 26.5 Å². The van der Waals surface area contributed by atoms with Crippen molar-refractivity contribution in [2.45, 2.75) is 89.6 Å². The van der Waals surface area contributed by atoms with Crippen LogP contribution < -0.4 is 10.4 Å². The van der Waals surface area contributed by atoms with Gasteiger partial charge in [-0.05, 0) is 16.6 Å². The Hall–Kier alpha value is -0.346. The van der Waals surface area contributed by atoms with E-state index < -0.39 is 16.1 Å². The molecule has 124 valence electrons. The molecule has 0 saturated carbocycles. The van der Waals surface area contributed by atoms with Crippen molar-refractivity contribution in [1.29, 1.82) is 0 Å². The maximum absolute atomic E-state index is 2.70. The quantitative estimate of drug-likeness (QED) is 0.611. The fourth-order valence-corrected chi connectivity index (χ4v) is 17.0. The van der Waals surface area contributed by atoms with Gasteiger partial charge in [-0.1, -0.05) is 108 Å². The Morgan fingerprint density at radius 1 is 1.00 bits per heavy atom. The largest absolute Gasteiger partial charge is 0.0888 e. The lowest BCUT2D eigenvalue weighted by molar-refractivity contribution is 0.667. The molecule has 0 spiro atoms. The summed E-state index contributed by atoms with van der Waals surface area (Å²) in [6.07, 6.45) is 4.24. The van der Waals surface area contributed by atoms with Crippen LogP contribution in [0, 0.1) is 0 Å². The molecule has 0 bridgehead atoms. The lowest BCUT2D eigenvalue weighted by Gasteiger charge is -2.52. The Balaban J connectivity index is 2.60. The summed E-state index contributed by atoms with van der Waals surface area (Å²) in [5.74, 6) is 0. The molecular formula is C20H36Si2. The first-order valence-corrected chi connectivity index (χ1v) is 14.8. The normalized spacial score (nSPS) is 31.6. The van der Waals surface area contributed by atoms with Gasteiger partial charge in [-0.3, -0.25) is 0 Å². The Labute approximate surface area is 140 Å². The van der Waals surface area contributed by atoms with Crippen LogP contribution in [0.4, 0.5) is 0 Å². The first kappa shape index (κ1) is 18.0. The van der Waals surface area contributed by atoms with Gasteiger partial charge in [0.15, 0.2) is 0 Å². The molecule has 0 radical (unpaired) electrons. The van der Waals surface area contributed by atoms with Crippen LogP contribution >= 0.6 is 0 Å². The van der Waals surface area contributed by atoms with E-state index in [0.29, 0.717) is 0 Å². The summed E-state index contributed by atoms with van der Waals surface area (Å²) in [6.45, 7) is 17.7. The zero-order valence-corrected chi connectivity index (χ0v) is 17.9. The third-order valence-corrected chi connectivity index (χ3v) is 19.4. The third kappa shape index (κ3) is 2.77. The topological polar surface area (TPSA) is 0 Å². The molecule has 0 fully saturated rings. The zero-order chi connectivity index (χ0) is 16.5. The minimum Gasteiger partial charge on any atom is -0.0654 e. The van der Waals surface area contributed by atoms with Gasteiger partial charge in [0.25, 0.3) is 0 Å². The SMILES string of the molecule is CCCC[C@H]1C[Si@](C)(C(C)C)c2ccccc2[Si@]1(C)C(C)C. The Kier molecular flexibility index (Phi) is 5.44. The summed E-state index contributed by atoms with van der Waals surface area (Å²) in [7, 11) is -2.75. The second-order valence-corrected chi connectivity index (χ2v) is 18.6. The second kappa shape index (κ2) is 6.64. The van der Waals surface area contributed by atoms with Gasteiger partial charge in [0.2, 0.25) is 0 Å². The molecule has 3 atom stereocenters. The van der Waals surface area contributed by atoms with E-state index in [-0.39, 0.29) is 0 Å². The Morgan fingerprint density at radius 2 is 1.59 bits per heavy atom. The van der Waals surface area contributed by atoms with Crippen molar-refractivity contribution < 1.29 is 0 Å². The van der Waals surface area contributed by atoms with Gasteiger partial charge < -0.3 is 0 Å². The number of hydrogen-bond donors (Lipinski definition) is 0. The van der Waals surface area contributed by atoms with Gasteiger partial charge in [-0.25, -0.2) is 0 Å². The number of benzene rings is 1. The Bertz CT molecular complexity index is 508. The molecule has 1 aromatic carbocycles. The monoisotopic (exact) mass is 332 g/mol. The average molecular weight is 333 g/mol. The molecule has 0 N–H and O–H groups in total. The van der Waals surface area contributed by atoms with E-state index >= 15 is 0 Å². The predicted molar refractivity (Wildman–Crippen MR) is 107 cm³/mol. The van der Waals surface area contributed by atoms with Crippen molar-refractivity contribution in [3.05, 3.63) is 24.3 Å². The number of fused-ring (bicyclic) bond motifs is 1. The summed E-state index contributed by atoms with van der Waals surface area (Å²) in [5, 5.41) is 3.65. The van der Waals surface area contributed by atoms with E-state index in [9.17, 15) is 0 Å². The fraction of sp³-hybridized carbons (Fsp3) is 0.700. The summed E-state index contributed by atoms with van der Waals surface area (Å²) >= 11 is 0. The van der Waals surface area contributed by atoms with E-state index in [1.807, 2.05) is 10.4 Å². The minimum absolute atomic E-state index is 0.848. The highest BCUT2D eigenvalue weighted by molar-refractivity contribution is 7.05. The lowest BCUT2D eigenvalue weighted by atomic mass is 10.2. The standard InChI is InChI=1S/C20H36Si2/c1-8-9-12-18-15-21(6,16(2)3)19-13-10-11-14-20(19)22(18,7)17(4)5/h10-11,13-14,16-18H,8-9,12,15H2,1-7H3/t18-,21+,22+/m0/s1. The number of hydrogen-bond acceptors (Lipinski definition) is 0. The van der Waals surface area contributed by atoms with Crippen LogP contribution in [0.5, 0.6) is 0 Å². The molecule has 1 aliphatic rings. The zero-order valence-electron chi connectivity index (χ0n) is 15.9. The van der Waals surface area contributed by atoms with Gasteiger partial charge in [0.1, 0.15) is 0 Å². The van der Waals surface area contributed by atoms with Crippen LogP contribution in [0.2, 0.25) is 35.8 Å². The fourth-order valence-electron chi connectivity index (χ4n) is 4.69. The van der Waals surface area contributed by atoms with Gasteiger partial charge >= 0.3 is 0 Å². The van der Waals surface area contributed by atoms with Crippen LogP contribution in [-0.4, -0.2) is 16.1 Å². The van der Waals surface area contributed by atoms with Crippen LogP contribution in [-0.2, 0) is 0 Å². The lowest BCUT2D eigenvalue weighted by Crippen LogP contribution is -2.70. The van der Waals surface area contributed by atoms with Gasteiger partial charge in [-0.15, -0.1) is 0 Å². The van der Waals surface area contributed by atoms with E-state index in [4.69, 9.17) is 0 Å². The van der Waals surface area contributed by atoms with Crippen LogP contribution in [0.25, 0.3) is 0 Å². The molecule has 0 unspecified atom stereocenters. The van der Waals surface area contributed by atoms with Gasteiger partial charge in [0.05, 0.1) is 16.1 Å². The number of rotatable bonds is 5. The highest BCUT2D eigenvalue weighted by Crippen LogP contribution is 2.46. The molecule has 2 heteroatoms. The van der Waals surface area contributed by atoms with Crippen molar-refractivity contribution in [3.63, 3.8) is 0 Å². The molecule has 1 aromatic rings. The molecule has 1 aliphatic heterocycles. The third-order valence-electron chi connectivity index (χ3n) is 7.02. The van der Waals surface area contributed by atoms with Gasteiger partial charge in [0, 0.05) is 0 Å². The second-order valence-electron chi connectivity index (χ2n) is 8.60. The van der Waals surface area contributed by atoms with Gasteiger partial charge in [-0.2, -0.15) is 0 Å². The summed E-state index contributed by atoms with van der Waals surface area (Å²) in [5.41, 5.74) is 2.70. The molecule has 0 aromatic heterocycles. The maximum Gasteiger partial charge on any atom is 0.0888 e. The first-order valence-electron chi connectivity index (χ1n) is 9.38. The molecule has 0 aliphatic carbocycles. The summed E-state index contributed by atoms with van der Waals surface area (Å²) < 4.78 is 0. The van der Waals surface area contributed by atoms with E-state index in [2.05, 4.69) is 72.0 Å². The molecule has 1 heterocycles. The van der Waals surface area contributed by atoms with Crippen molar-refractivity contribution in [2.75, 3.05) is 0 Å². The van der Waals surface area contributed by atoms with E-state index in [1.54, 1.807) is 6.04 Å². The smallest absolute Gasteiger partial charge is 0.0654 e. The van der Waals surface area contributed by atoms with E-state index in [1.165, 1.54) is 19.3 Å². The highest BCUT2D eigenvalue weighted by atomic mass is 28.3. The van der Waals surface area contributed by atoms with Crippen LogP contribution in [0.1, 0.15) is 53.9 Å². The molecule has 0 nitrogen and oxygen atoms in total. The molecular weight excluding hydrogens is 296 g/mol. The predicted octanol–water partition coefficient (Wildman–Crippen LogP) is 5.65. The molecule has 0 saturated heterocycles. The Morgan fingerprint density at radius 3 is 2.09 bits per heavy atom. The van der Waals surface area contributed by atoms with Crippen molar-refractivity contribution in [2.24, 2.45) is 0 Å². The molecule has 22 heavy (non-hydrogen) atoms. The average Bonchev–Trinajstić information content (AvgIpc) is 2.49. The molecule has 2 rings (SSSR count). The molecule has 0 amide bonds. The first-order chi connectivity index (χ1) is 10.3. The maximum atomic E-state index is 2.70. The number of unbranched alkanes of at least 4 members (excludes halogenated alkanes) is 1. The van der Waals surface area contributed by atoms with Crippen molar-refractivity contribution in [1.82, 2.24) is 0 Å². The minimum atomic E-state index is -1.40.